The Bertz CT molecular complexity index is 1210. The van der Waals surface area contributed by atoms with Crippen LogP contribution < -0.4 is 10.5 Å². The molecule has 0 spiro atoms. The highest BCUT2D eigenvalue weighted by Crippen LogP contribution is 2.42. The highest BCUT2D eigenvalue weighted by molar-refractivity contribution is 6.41. The van der Waals surface area contributed by atoms with Gasteiger partial charge in [0.2, 0.25) is 5.66 Å². The second-order valence-corrected chi connectivity index (χ2v) is 7.66. The Labute approximate surface area is 183 Å². The van der Waals surface area contributed by atoms with Crippen molar-refractivity contribution in [3.8, 4) is 16.9 Å². The Hall–Kier alpha value is -3.68. The molecule has 1 atom stereocenters. The number of nitrogens with zero attached hydrogens (tertiary/aromatic N) is 3. The number of aromatic nitrogens is 1. The molecule has 2 heterocycles. The molecule has 164 valence electrons. The highest BCUT2D eigenvalue weighted by Gasteiger charge is 2.39. The number of rotatable bonds is 5. The Kier molecular flexibility index (Phi) is 5.46. The molecule has 0 amide bonds. The van der Waals surface area contributed by atoms with Crippen molar-refractivity contribution in [3.63, 3.8) is 0 Å². The van der Waals surface area contributed by atoms with Gasteiger partial charge in [-0.1, -0.05) is 18.2 Å². The SMILES string of the molecule is CC1=NC(c2cccc(-c3cncc(F)c3)c2)(c2cc(C)c(OC(F)F)c(C)c2)N=C1N. The van der Waals surface area contributed by atoms with Crippen molar-refractivity contribution in [2.24, 2.45) is 15.7 Å². The molecule has 0 bridgehead atoms. The quantitative estimate of drug-likeness (QED) is 0.600. The highest BCUT2D eigenvalue weighted by atomic mass is 19.3. The number of benzene rings is 2. The first-order valence-electron chi connectivity index (χ1n) is 9.90. The molecule has 3 aromatic rings. The van der Waals surface area contributed by atoms with Crippen LogP contribution in [0.5, 0.6) is 5.75 Å². The summed E-state index contributed by atoms with van der Waals surface area (Å²) in [6.45, 7) is 2.21. The van der Waals surface area contributed by atoms with Crippen LogP contribution in [0.4, 0.5) is 13.2 Å². The van der Waals surface area contributed by atoms with Gasteiger partial charge >= 0.3 is 6.61 Å². The van der Waals surface area contributed by atoms with Gasteiger partial charge in [0.1, 0.15) is 17.4 Å². The fourth-order valence-corrected chi connectivity index (χ4v) is 3.92. The van der Waals surface area contributed by atoms with Crippen molar-refractivity contribution in [1.82, 2.24) is 4.98 Å². The first-order valence-corrected chi connectivity index (χ1v) is 9.90. The largest absolute Gasteiger partial charge is 0.434 e. The third-order valence-corrected chi connectivity index (χ3v) is 5.36. The molecular weight excluding hydrogens is 417 g/mol. The number of halogens is 3. The fourth-order valence-electron chi connectivity index (χ4n) is 3.92. The lowest BCUT2D eigenvalue weighted by molar-refractivity contribution is -0.0507. The zero-order valence-corrected chi connectivity index (χ0v) is 17.7. The van der Waals surface area contributed by atoms with E-state index in [1.807, 2.05) is 24.3 Å². The first-order chi connectivity index (χ1) is 15.2. The van der Waals surface area contributed by atoms with E-state index in [1.165, 1.54) is 6.07 Å². The van der Waals surface area contributed by atoms with Gasteiger partial charge in [0, 0.05) is 22.9 Å². The van der Waals surface area contributed by atoms with Gasteiger partial charge in [-0.3, -0.25) is 4.98 Å². The van der Waals surface area contributed by atoms with Crippen molar-refractivity contribution >= 4 is 11.5 Å². The molecule has 1 unspecified atom stereocenters. The first kappa shape index (κ1) is 21.5. The summed E-state index contributed by atoms with van der Waals surface area (Å²) in [7, 11) is 0. The standard InChI is InChI=1S/C24H21F3N4O/c1-13-7-19(8-14(2)21(13)32-23(26)27)24(30-15(3)22(28)31-24)18-6-4-5-16(9-18)17-10-20(25)12-29-11-17/h4-12,23H,1-3H3,(H2,28,31). The van der Waals surface area contributed by atoms with Crippen LogP contribution in [0.1, 0.15) is 29.2 Å². The maximum absolute atomic E-state index is 13.7. The Morgan fingerprint density at radius 1 is 0.906 bits per heavy atom. The van der Waals surface area contributed by atoms with E-state index in [0.717, 1.165) is 11.8 Å². The van der Waals surface area contributed by atoms with Crippen molar-refractivity contribution < 1.29 is 17.9 Å². The summed E-state index contributed by atoms with van der Waals surface area (Å²) in [5, 5.41) is 0. The lowest BCUT2D eigenvalue weighted by Crippen LogP contribution is -2.23. The molecule has 4 rings (SSSR count). The molecule has 0 saturated heterocycles. The summed E-state index contributed by atoms with van der Waals surface area (Å²) in [6, 6.07) is 12.2. The minimum Gasteiger partial charge on any atom is -0.434 e. The average molecular weight is 438 g/mol. The topological polar surface area (TPSA) is 72.9 Å². The minimum atomic E-state index is -2.93. The molecule has 0 radical (unpaired) electrons. The van der Waals surface area contributed by atoms with Crippen LogP contribution in [0.2, 0.25) is 0 Å². The molecule has 32 heavy (non-hydrogen) atoms. The Morgan fingerprint density at radius 3 is 2.22 bits per heavy atom. The van der Waals surface area contributed by atoms with Crippen LogP contribution in [-0.4, -0.2) is 23.1 Å². The van der Waals surface area contributed by atoms with Gasteiger partial charge in [0.15, 0.2) is 0 Å². The van der Waals surface area contributed by atoms with E-state index in [9.17, 15) is 13.2 Å². The zero-order valence-electron chi connectivity index (χ0n) is 17.7. The van der Waals surface area contributed by atoms with Gasteiger partial charge in [0.25, 0.3) is 0 Å². The third-order valence-electron chi connectivity index (χ3n) is 5.36. The molecule has 2 aromatic carbocycles. The Morgan fingerprint density at radius 2 is 1.62 bits per heavy atom. The molecule has 1 aromatic heterocycles. The molecule has 0 aliphatic carbocycles. The van der Waals surface area contributed by atoms with Gasteiger partial charge in [0.05, 0.1) is 11.9 Å². The number of ether oxygens (including phenoxy) is 1. The number of nitrogens with two attached hydrogens (primary N) is 1. The van der Waals surface area contributed by atoms with Gasteiger partial charge in [-0.15, -0.1) is 0 Å². The maximum atomic E-state index is 13.7. The van der Waals surface area contributed by atoms with Crippen LogP contribution in [0.15, 0.2) is 64.8 Å². The second-order valence-electron chi connectivity index (χ2n) is 7.66. The molecule has 0 saturated carbocycles. The van der Waals surface area contributed by atoms with E-state index in [4.69, 9.17) is 15.5 Å². The summed E-state index contributed by atoms with van der Waals surface area (Å²) < 4.78 is 44.1. The lowest BCUT2D eigenvalue weighted by atomic mass is 9.88. The summed E-state index contributed by atoms with van der Waals surface area (Å²) >= 11 is 0. The molecule has 5 nitrogen and oxygen atoms in total. The number of aliphatic imine (C=N–C) groups is 2. The summed E-state index contributed by atoms with van der Waals surface area (Å²) in [6.07, 6.45) is 2.71. The zero-order chi connectivity index (χ0) is 23.0. The van der Waals surface area contributed by atoms with Crippen molar-refractivity contribution in [1.29, 1.82) is 0 Å². The molecule has 2 N–H and O–H groups in total. The van der Waals surface area contributed by atoms with Crippen molar-refractivity contribution in [2.75, 3.05) is 0 Å². The van der Waals surface area contributed by atoms with Gasteiger partial charge in [-0.05, 0) is 61.7 Å². The van der Waals surface area contributed by atoms with Crippen LogP contribution in [0.25, 0.3) is 11.1 Å². The molecule has 1 aliphatic heterocycles. The van der Waals surface area contributed by atoms with Gasteiger partial charge in [-0.2, -0.15) is 8.78 Å². The number of alkyl halides is 2. The van der Waals surface area contributed by atoms with Crippen molar-refractivity contribution in [3.05, 3.63) is 82.9 Å². The molecular formula is C24H21F3N4O. The predicted molar refractivity (Wildman–Crippen MR) is 118 cm³/mol. The fraction of sp³-hybridized carbons (Fsp3) is 0.208. The number of aryl methyl sites for hydroxylation is 2. The van der Waals surface area contributed by atoms with E-state index < -0.39 is 18.1 Å². The van der Waals surface area contributed by atoms with Gasteiger partial charge in [-0.25, -0.2) is 14.4 Å². The maximum Gasteiger partial charge on any atom is 0.387 e. The normalized spacial score (nSPS) is 18.0. The molecule has 0 fully saturated rings. The number of hydrogen-bond donors (Lipinski definition) is 1. The number of hydrogen-bond acceptors (Lipinski definition) is 5. The third kappa shape index (κ3) is 3.84. The lowest BCUT2D eigenvalue weighted by Gasteiger charge is -2.26. The summed E-state index contributed by atoms with van der Waals surface area (Å²) in [4.78, 5) is 13.4. The van der Waals surface area contributed by atoms with E-state index >= 15 is 0 Å². The summed E-state index contributed by atoms with van der Waals surface area (Å²) in [5.74, 6) is -0.0411. The smallest absolute Gasteiger partial charge is 0.387 e. The second kappa shape index (κ2) is 8.11. The number of amidine groups is 1. The van der Waals surface area contributed by atoms with E-state index in [-0.39, 0.29) is 11.6 Å². The Balaban J connectivity index is 1.90. The molecule has 8 heteroatoms. The van der Waals surface area contributed by atoms with Crippen LogP contribution >= 0.6 is 0 Å². The molecule has 1 aliphatic rings. The monoisotopic (exact) mass is 438 g/mol. The van der Waals surface area contributed by atoms with Crippen LogP contribution in [0, 0.1) is 19.7 Å². The number of pyridine rings is 1. The van der Waals surface area contributed by atoms with Crippen LogP contribution in [0.3, 0.4) is 0 Å². The summed E-state index contributed by atoms with van der Waals surface area (Å²) in [5.41, 5.74) is 9.20. The van der Waals surface area contributed by atoms with Gasteiger partial charge < -0.3 is 10.5 Å². The van der Waals surface area contributed by atoms with E-state index in [2.05, 4.69) is 9.98 Å². The van der Waals surface area contributed by atoms with Crippen molar-refractivity contribution in [2.45, 2.75) is 33.0 Å². The minimum absolute atomic E-state index is 0.120. The predicted octanol–water partition coefficient (Wildman–Crippen LogP) is 5.14. The van der Waals surface area contributed by atoms with E-state index in [1.54, 1.807) is 39.1 Å². The van der Waals surface area contributed by atoms with E-state index in [0.29, 0.717) is 33.5 Å². The average Bonchev–Trinajstić information content (AvgIpc) is 3.06. The van der Waals surface area contributed by atoms with Crippen LogP contribution in [-0.2, 0) is 5.66 Å².